The second-order valence-electron chi connectivity index (χ2n) is 4.30. The molecule has 0 aliphatic carbocycles. The van der Waals surface area contributed by atoms with Gasteiger partial charge in [0.2, 0.25) is 5.91 Å². The van der Waals surface area contributed by atoms with E-state index in [4.69, 9.17) is 4.74 Å². The van der Waals surface area contributed by atoms with Crippen LogP contribution in [0.4, 0.5) is 0 Å². The Kier molecular flexibility index (Phi) is 4.17. The van der Waals surface area contributed by atoms with Gasteiger partial charge < -0.3 is 19.8 Å². The predicted molar refractivity (Wildman–Crippen MR) is 65.2 cm³/mol. The van der Waals surface area contributed by atoms with Crippen molar-refractivity contribution >= 4 is 5.91 Å². The van der Waals surface area contributed by atoms with Gasteiger partial charge in [-0.1, -0.05) is 18.2 Å². The molecule has 0 bridgehead atoms. The molecule has 1 aromatic rings. The summed E-state index contributed by atoms with van der Waals surface area (Å²) in [7, 11) is 0. The number of rotatable bonds is 3. The monoisotopic (exact) mass is 251 g/mol. The summed E-state index contributed by atoms with van der Waals surface area (Å²) < 4.78 is 5.22. The lowest BCUT2D eigenvalue weighted by Gasteiger charge is -2.34. The minimum absolute atomic E-state index is 0.0983. The molecule has 18 heavy (non-hydrogen) atoms. The van der Waals surface area contributed by atoms with E-state index >= 15 is 0 Å². The number of hydrogen-bond donors (Lipinski definition) is 2. The van der Waals surface area contributed by atoms with Crippen LogP contribution in [0.1, 0.15) is 5.56 Å². The van der Waals surface area contributed by atoms with Crippen molar-refractivity contribution < 1.29 is 19.7 Å². The summed E-state index contributed by atoms with van der Waals surface area (Å²) in [6.45, 7) is 1.23. The fraction of sp³-hybridized carbons (Fsp3) is 0.462. The summed E-state index contributed by atoms with van der Waals surface area (Å²) in [6.07, 6.45) is 0.142. The van der Waals surface area contributed by atoms with E-state index in [1.54, 1.807) is 29.2 Å². The van der Waals surface area contributed by atoms with E-state index in [0.717, 1.165) is 0 Å². The third-order valence-electron chi connectivity index (χ3n) is 3.09. The van der Waals surface area contributed by atoms with E-state index in [9.17, 15) is 15.0 Å². The van der Waals surface area contributed by atoms with Gasteiger partial charge in [-0.2, -0.15) is 0 Å². The van der Waals surface area contributed by atoms with Crippen molar-refractivity contribution in [2.24, 2.45) is 0 Å². The van der Waals surface area contributed by atoms with Crippen molar-refractivity contribution in [3.05, 3.63) is 29.8 Å². The largest absolute Gasteiger partial charge is 0.508 e. The van der Waals surface area contributed by atoms with Crippen molar-refractivity contribution in [1.82, 2.24) is 4.90 Å². The first-order valence-corrected chi connectivity index (χ1v) is 5.97. The Hall–Kier alpha value is -1.59. The highest BCUT2D eigenvalue weighted by Gasteiger charge is 2.26. The van der Waals surface area contributed by atoms with Crippen molar-refractivity contribution in [3.63, 3.8) is 0 Å². The van der Waals surface area contributed by atoms with Gasteiger partial charge in [-0.15, -0.1) is 0 Å². The Morgan fingerprint density at radius 1 is 1.44 bits per heavy atom. The number of phenols is 1. The molecule has 1 amide bonds. The molecule has 1 saturated heterocycles. The summed E-state index contributed by atoms with van der Waals surface area (Å²) in [4.78, 5) is 13.8. The molecule has 0 spiro atoms. The van der Waals surface area contributed by atoms with E-state index in [1.807, 2.05) is 0 Å². The number of aromatic hydroxyl groups is 1. The molecule has 98 valence electrons. The van der Waals surface area contributed by atoms with Crippen molar-refractivity contribution in [1.29, 1.82) is 0 Å². The van der Waals surface area contributed by atoms with Gasteiger partial charge in [-0.05, 0) is 6.07 Å². The lowest BCUT2D eigenvalue weighted by atomic mass is 10.1. The van der Waals surface area contributed by atoms with Crippen LogP contribution in [-0.2, 0) is 16.0 Å². The molecule has 1 aromatic carbocycles. The highest BCUT2D eigenvalue weighted by molar-refractivity contribution is 5.80. The number of aliphatic hydroxyl groups excluding tert-OH is 1. The van der Waals surface area contributed by atoms with Gasteiger partial charge in [-0.25, -0.2) is 0 Å². The van der Waals surface area contributed by atoms with Crippen LogP contribution in [0.25, 0.3) is 0 Å². The number of morpholine rings is 1. The molecule has 1 unspecified atom stereocenters. The second kappa shape index (κ2) is 5.84. The van der Waals surface area contributed by atoms with E-state index in [1.165, 1.54) is 0 Å². The van der Waals surface area contributed by atoms with E-state index < -0.39 is 0 Å². The molecule has 0 radical (unpaired) electrons. The summed E-state index contributed by atoms with van der Waals surface area (Å²) in [5.74, 6) is 0.0264. The first-order valence-electron chi connectivity index (χ1n) is 5.97. The molecular formula is C13H17NO4. The molecule has 1 atom stereocenters. The fourth-order valence-electron chi connectivity index (χ4n) is 2.06. The van der Waals surface area contributed by atoms with Gasteiger partial charge >= 0.3 is 0 Å². The number of aliphatic hydroxyl groups is 1. The van der Waals surface area contributed by atoms with Crippen LogP contribution in [0.15, 0.2) is 24.3 Å². The van der Waals surface area contributed by atoms with Crippen LogP contribution in [0.2, 0.25) is 0 Å². The number of amides is 1. The van der Waals surface area contributed by atoms with Gasteiger partial charge in [0.05, 0.1) is 32.3 Å². The molecule has 2 N–H and O–H groups in total. The highest BCUT2D eigenvalue weighted by Crippen LogP contribution is 2.18. The number of nitrogens with zero attached hydrogens (tertiary/aromatic N) is 1. The molecule has 5 nitrogen and oxygen atoms in total. The van der Waals surface area contributed by atoms with Crippen LogP contribution >= 0.6 is 0 Å². The number of para-hydroxylation sites is 1. The number of ether oxygens (including phenoxy) is 1. The molecule has 0 saturated carbocycles. The normalized spacial score (nSPS) is 19.8. The average molecular weight is 251 g/mol. The second-order valence-corrected chi connectivity index (χ2v) is 4.30. The first kappa shape index (κ1) is 12.9. The van der Waals surface area contributed by atoms with Crippen LogP contribution in [-0.4, -0.2) is 53.4 Å². The predicted octanol–water partition coefficient (Wildman–Crippen LogP) is 0.154. The van der Waals surface area contributed by atoms with Gasteiger partial charge in [-0.3, -0.25) is 4.79 Å². The molecule has 0 aromatic heterocycles. The average Bonchev–Trinajstić information content (AvgIpc) is 2.41. The maximum Gasteiger partial charge on any atom is 0.227 e. The quantitative estimate of drug-likeness (QED) is 0.802. The SMILES string of the molecule is O=C(Cc1ccccc1O)N1CCOCC1CO. The van der Waals surface area contributed by atoms with Crippen LogP contribution in [0.3, 0.4) is 0 Å². The smallest absolute Gasteiger partial charge is 0.227 e. The number of phenolic OH excluding ortho intramolecular Hbond substituents is 1. The number of hydrogen-bond acceptors (Lipinski definition) is 4. The Balaban J connectivity index is 2.05. The standard InChI is InChI=1S/C13H17NO4/c15-8-11-9-18-6-5-14(11)13(17)7-10-3-1-2-4-12(10)16/h1-4,11,15-16H,5-9H2. The summed E-state index contributed by atoms with van der Waals surface area (Å²) >= 11 is 0. The first-order chi connectivity index (χ1) is 8.72. The number of carbonyl (C=O) groups excluding carboxylic acids is 1. The third-order valence-corrected chi connectivity index (χ3v) is 3.09. The Morgan fingerprint density at radius 2 is 2.22 bits per heavy atom. The highest BCUT2D eigenvalue weighted by atomic mass is 16.5. The zero-order valence-electron chi connectivity index (χ0n) is 10.1. The molecule has 1 aliphatic heterocycles. The van der Waals surface area contributed by atoms with Gasteiger partial charge in [0, 0.05) is 12.1 Å². The minimum Gasteiger partial charge on any atom is -0.508 e. The zero-order valence-corrected chi connectivity index (χ0v) is 10.1. The van der Waals surface area contributed by atoms with Crippen LogP contribution in [0, 0.1) is 0 Å². The molecule has 1 aliphatic rings. The molecule has 2 rings (SSSR count). The van der Waals surface area contributed by atoms with Gasteiger partial charge in [0.25, 0.3) is 0 Å². The van der Waals surface area contributed by atoms with E-state index in [0.29, 0.717) is 25.3 Å². The maximum atomic E-state index is 12.1. The minimum atomic E-state index is -0.280. The van der Waals surface area contributed by atoms with Crippen LogP contribution in [0.5, 0.6) is 5.75 Å². The molecule has 1 fully saturated rings. The summed E-state index contributed by atoms with van der Waals surface area (Å²) in [6, 6.07) is 6.50. The number of carbonyl (C=O) groups is 1. The lowest BCUT2D eigenvalue weighted by molar-refractivity contribution is -0.140. The van der Waals surface area contributed by atoms with Crippen molar-refractivity contribution in [2.45, 2.75) is 12.5 Å². The van der Waals surface area contributed by atoms with Crippen molar-refractivity contribution in [2.75, 3.05) is 26.4 Å². The molecule has 5 heteroatoms. The maximum absolute atomic E-state index is 12.1. The van der Waals surface area contributed by atoms with Crippen molar-refractivity contribution in [3.8, 4) is 5.75 Å². The summed E-state index contributed by atoms with van der Waals surface area (Å²) in [5, 5.41) is 18.8. The summed E-state index contributed by atoms with van der Waals surface area (Å²) in [5.41, 5.74) is 0.602. The molecular weight excluding hydrogens is 234 g/mol. The molecule has 1 heterocycles. The van der Waals surface area contributed by atoms with E-state index in [2.05, 4.69) is 0 Å². The Labute approximate surface area is 106 Å². The third kappa shape index (κ3) is 2.80. The Morgan fingerprint density at radius 3 is 2.94 bits per heavy atom. The topological polar surface area (TPSA) is 70.0 Å². The van der Waals surface area contributed by atoms with Gasteiger partial charge in [0.1, 0.15) is 5.75 Å². The number of benzene rings is 1. The lowest BCUT2D eigenvalue weighted by Crippen LogP contribution is -2.51. The fourth-order valence-corrected chi connectivity index (χ4v) is 2.06. The van der Waals surface area contributed by atoms with E-state index in [-0.39, 0.29) is 30.7 Å². The Bertz CT molecular complexity index is 421. The van der Waals surface area contributed by atoms with Gasteiger partial charge in [0.15, 0.2) is 0 Å². The zero-order chi connectivity index (χ0) is 13.0. The van der Waals surface area contributed by atoms with Crippen LogP contribution < -0.4 is 0 Å².